The summed E-state index contributed by atoms with van der Waals surface area (Å²) in [7, 11) is 0. The minimum absolute atomic E-state index is 0.119. The van der Waals surface area contributed by atoms with Crippen LogP contribution in [0.4, 0.5) is 0 Å². The Bertz CT molecular complexity index is 762. The van der Waals surface area contributed by atoms with Gasteiger partial charge in [-0.25, -0.2) is 0 Å². The van der Waals surface area contributed by atoms with Gasteiger partial charge in [-0.3, -0.25) is 4.98 Å². The van der Waals surface area contributed by atoms with Crippen molar-refractivity contribution in [1.29, 1.82) is 0 Å². The molecule has 3 N–H and O–H groups in total. The van der Waals surface area contributed by atoms with Crippen molar-refractivity contribution in [2.75, 3.05) is 0 Å². The van der Waals surface area contributed by atoms with Gasteiger partial charge in [-0.15, -0.1) is 0 Å². The lowest BCUT2D eigenvalue weighted by Crippen LogP contribution is -2.12. The van der Waals surface area contributed by atoms with Crippen LogP contribution in [0.5, 0.6) is 0 Å². The van der Waals surface area contributed by atoms with E-state index in [1.807, 2.05) is 42.6 Å². The van der Waals surface area contributed by atoms with Crippen molar-refractivity contribution in [3.8, 4) is 0 Å². The zero-order chi connectivity index (χ0) is 13.9. The molecule has 0 spiro atoms. The van der Waals surface area contributed by atoms with E-state index in [2.05, 4.69) is 14.7 Å². The van der Waals surface area contributed by atoms with Crippen molar-refractivity contribution < 1.29 is 5.21 Å². The van der Waals surface area contributed by atoms with Crippen LogP contribution in [0.2, 0.25) is 0 Å². The van der Waals surface area contributed by atoms with Gasteiger partial charge in [-0.05, 0) is 42.0 Å². The predicted molar refractivity (Wildman–Crippen MR) is 77.8 cm³/mol. The molecule has 3 aromatic rings. The number of rotatable bonds is 3. The number of nitrogens with zero attached hydrogens (tertiary/aromatic N) is 3. The quantitative estimate of drug-likeness (QED) is 0.330. The molecule has 0 saturated carbocycles. The van der Waals surface area contributed by atoms with Crippen LogP contribution in [0.1, 0.15) is 11.1 Å². The molecule has 0 aliphatic heterocycles. The van der Waals surface area contributed by atoms with Crippen molar-refractivity contribution in [1.82, 2.24) is 9.55 Å². The third kappa shape index (κ3) is 2.21. The third-order valence-corrected chi connectivity index (χ3v) is 3.28. The van der Waals surface area contributed by atoms with Gasteiger partial charge in [-0.2, -0.15) is 0 Å². The average Bonchev–Trinajstić information content (AvgIpc) is 2.90. The number of pyridine rings is 1. The van der Waals surface area contributed by atoms with E-state index in [9.17, 15) is 0 Å². The second kappa shape index (κ2) is 5.05. The number of aromatic nitrogens is 2. The van der Waals surface area contributed by atoms with Gasteiger partial charge in [-0.1, -0.05) is 5.16 Å². The molecule has 0 amide bonds. The van der Waals surface area contributed by atoms with Crippen molar-refractivity contribution in [2.45, 2.75) is 6.54 Å². The minimum atomic E-state index is 0.119. The highest BCUT2D eigenvalue weighted by molar-refractivity contribution is 6.00. The molecule has 0 saturated heterocycles. The molecule has 0 fully saturated rings. The lowest BCUT2D eigenvalue weighted by Gasteiger charge is -2.06. The Morgan fingerprint density at radius 1 is 1.20 bits per heavy atom. The van der Waals surface area contributed by atoms with E-state index < -0.39 is 0 Å². The summed E-state index contributed by atoms with van der Waals surface area (Å²) in [6.07, 6.45) is 5.61. The first-order valence-electron chi connectivity index (χ1n) is 6.23. The molecule has 0 aliphatic rings. The number of hydrogen-bond acceptors (Lipinski definition) is 3. The molecule has 5 heteroatoms. The van der Waals surface area contributed by atoms with Gasteiger partial charge in [0.15, 0.2) is 5.84 Å². The Hall–Kier alpha value is -2.82. The Morgan fingerprint density at radius 2 is 2.00 bits per heavy atom. The van der Waals surface area contributed by atoms with Crippen LogP contribution in [-0.2, 0) is 6.54 Å². The average molecular weight is 266 g/mol. The van der Waals surface area contributed by atoms with Gasteiger partial charge in [0.05, 0.1) is 0 Å². The fourth-order valence-corrected chi connectivity index (χ4v) is 2.24. The first-order chi connectivity index (χ1) is 9.78. The zero-order valence-electron chi connectivity index (χ0n) is 10.8. The lowest BCUT2D eigenvalue weighted by atomic mass is 10.1. The van der Waals surface area contributed by atoms with Crippen molar-refractivity contribution in [2.24, 2.45) is 10.9 Å². The predicted octanol–water partition coefficient (Wildman–Crippen LogP) is 2.18. The Morgan fingerprint density at radius 3 is 2.75 bits per heavy atom. The fourth-order valence-electron chi connectivity index (χ4n) is 2.24. The smallest absolute Gasteiger partial charge is 0.170 e. The van der Waals surface area contributed by atoms with E-state index in [-0.39, 0.29) is 5.84 Å². The molecule has 0 aliphatic carbocycles. The van der Waals surface area contributed by atoms with Gasteiger partial charge in [0, 0.05) is 41.6 Å². The largest absolute Gasteiger partial charge is 0.409 e. The molecule has 5 nitrogen and oxygen atoms in total. The van der Waals surface area contributed by atoms with Gasteiger partial charge in [0.2, 0.25) is 0 Å². The van der Waals surface area contributed by atoms with Crippen LogP contribution in [0.25, 0.3) is 10.9 Å². The van der Waals surface area contributed by atoms with Crippen molar-refractivity contribution in [3.63, 3.8) is 0 Å². The van der Waals surface area contributed by atoms with Crippen LogP contribution < -0.4 is 5.73 Å². The van der Waals surface area contributed by atoms with Gasteiger partial charge < -0.3 is 15.5 Å². The summed E-state index contributed by atoms with van der Waals surface area (Å²) in [4.78, 5) is 4.02. The zero-order valence-corrected chi connectivity index (χ0v) is 10.8. The van der Waals surface area contributed by atoms with E-state index in [0.717, 1.165) is 17.4 Å². The van der Waals surface area contributed by atoms with Crippen molar-refractivity contribution >= 4 is 16.7 Å². The standard InChI is InChI=1S/C15H14N4O/c16-15(18-20)13-1-2-14-12(9-13)5-8-19(14)10-11-3-6-17-7-4-11/h1-9,20H,10H2,(H2,16,18). The van der Waals surface area contributed by atoms with E-state index in [1.165, 1.54) is 5.56 Å². The first kappa shape index (κ1) is 12.2. The number of amidine groups is 1. The second-order valence-corrected chi connectivity index (χ2v) is 4.56. The molecular weight excluding hydrogens is 252 g/mol. The SMILES string of the molecule is N/C(=N/O)c1ccc2c(ccn2Cc2ccncc2)c1. The molecule has 0 atom stereocenters. The highest BCUT2D eigenvalue weighted by Crippen LogP contribution is 2.19. The summed E-state index contributed by atoms with van der Waals surface area (Å²) >= 11 is 0. The number of nitrogens with two attached hydrogens (primary N) is 1. The van der Waals surface area contributed by atoms with Crippen LogP contribution in [0.15, 0.2) is 60.1 Å². The van der Waals surface area contributed by atoms with E-state index >= 15 is 0 Å². The summed E-state index contributed by atoms with van der Waals surface area (Å²) in [6.45, 7) is 0.787. The Kier molecular flexibility index (Phi) is 3.09. The minimum Gasteiger partial charge on any atom is -0.409 e. The molecular formula is C15H14N4O. The summed E-state index contributed by atoms with van der Waals surface area (Å²) in [5.41, 5.74) is 8.61. The molecule has 0 radical (unpaired) electrons. The van der Waals surface area contributed by atoms with E-state index in [1.54, 1.807) is 12.4 Å². The van der Waals surface area contributed by atoms with E-state index in [4.69, 9.17) is 10.9 Å². The number of benzene rings is 1. The van der Waals surface area contributed by atoms with Crippen molar-refractivity contribution in [3.05, 3.63) is 66.1 Å². The summed E-state index contributed by atoms with van der Waals surface area (Å²) in [5.74, 6) is 0.119. The molecule has 0 unspecified atom stereocenters. The van der Waals surface area contributed by atoms with Crippen LogP contribution in [0, 0.1) is 0 Å². The summed E-state index contributed by atoms with van der Waals surface area (Å²) in [6, 6.07) is 11.7. The summed E-state index contributed by atoms with van der Waals surface area (Å²) in [5, 5.41) is 12.8. The third-order valence-electron chi connectivity index (χ3n) is 3.28. The van der Waals surface area contributed by atoms with Gasteiger partial charge in [0.25, 0.3) is 0 Å². The molecule has 1 aromatic carbocycles. The Balaban J connectivity index is 1.98. The number of hydrogen-bond donors (Lipinski definition) is 2. The highest BCUT2D eigenvalue weighted by atomic mass is 16.4. The molecule has 2 aromatic heterocycles. The summed E-state index contributed by atoms with van der Waals surface area (Å²) < 4.78 is 2.15. The molecule has 0 bridgehead atoms. The number of oxime groups is 1. The van der Waals surface area contributed by atoms with Crippen LogP contribution in [-0.4, -0.2) is 20.6 Å². The van der Waals surface area contributed by atoms with Gasteiger partial charge in [0.1, 0.15) is 0 Å². The van der Waals surface area contributed by atoms with E-state index in [0.29, 0.717) is 5.56 Å². The maximum atomic E-state index is 8.71. The second-order valence-electron chi connectivity index (χ2n) is 4.56. The Labute approximate surface area is 116 Å². The highest BCUT2D eigenvalue weighted by Gasteiger charge is 2.05. The van der Waals surface area contributed by atoms with Gasteiger partial charge >= 0.3 is 0 Å². The topological polar surface area (TPSA) is 76.4 Å². The van der Waals surface area contributed by atoms with Crippen LogP contribution >= 0.6 is 0 Å². The normalized spacial score (nSPS) is 11.9. The lowest BCUT2D eigenvalue weighted by molar-refractivity contribution is 0.318. The number of fused-ring (bicyclic) bond motifs is 1. The molecule has 2 heterocycles. The first-order valence-corrected chi connectivity index (χ1v) is 6.23. The molecule has 100 valence electrons. The maximum Gasteiger partial charge on any atom is 0.170 e. The fraction of sp³-hybridized carbons (Fsp3) is 0.0667. The van der Waals surface area contributed by atoms with Crippen LogP contribution in [0.3, 0.4) is 0 Å². The maximum absolute atomic E-state index is 8.71. The molecule has 3 rings (SSSR count). The monoisotopic (exact) mass is 266 g/mol. The molecule has 20 heavy (non-hydrogen) atoms.